The zero-order valence-electron chi connectivity index (χ0n) is 11.6. The number of hydrogen-bond donors (Lipinski definition) is 1. The molecule has 2 aromatic rings. The molecule has 2 rings (SSSR count). The van der Waals surface area contributed by atoms with E-state index in [0.29, 0.717) is 6.54 Å². The molecule has 2 N–H and O–H groups in total. The number of rotatable bonds is 5. The first-order valence-corrected chi connectivity index (χ1v) is 6.30. The van der Waals surface area contributed by atoms with E-state index in [0.717, 1.165) is 29.3 Å². The molecule has 0 amide bonds. The Labute approximate surface area is 113 Å². The fourth-order valence-corrected chi connectivity index (χ4v) is 2.24. The average Bonchev–Trinajstić information content (AvgIpc) is 2.80. The van der Waals surface area contributed by atoms with Crippen LogP contribution in [0.1, 0.15) is 5.69 Å². The van der Waals surface area contributed by atoms with Crippen LogP contribution in [0.4, 0.5) is 0 Å². The van der Waals surface area contributed by atoms with E-state index in [9.17, 15) is 0 Å². The van der Waals surface area contributed by atoms with Gasteiger partial charge in [0.25, 0.3) is 0 Å². The zero-order valence-corrected chi connectivity index (χ0v) is 11.6. The van der Waals surface area contributed by atoms with Gasteiger partial charge in [-0.25, -0.2) is 0 Å². The van der Waals surface area contributed by atoms with Gasteiger partial charge in [-0.15, -0.1) is 0 Å². The molecule has 0 bridgehead atoms. The fraction of sp³-hybridized carbons (Fsp3) is 0.333. The lowest BCUT2D eigenvalue weighted by Gasteiger charge is -2.14. The molecule has 0 saturated heterocycles. The Kier molecular flexibility index (Phi) is 4.12. The minimum absolute atomic E-state index is 0.612. The van der Waals surface area contributed by atoms with E-state index in [-0.39, 0.29) is 0 Å². The van der Waals surface area contributed by atoms with E-state index >= 15 is 0 Å². The van der Waals surface area contributed by atoms with Crippen LogP contribution in [0.5, 0.6) is 11.5 Å². The lowest BCUT2D eigenvalue weighted by molar-refractivity contribution is 0.395. The van der Waals surface area contributed by atoms with Gasteiger partial charge in [-0.1, -0.05) is 0 Å². The zero-order chi connectivity index (χ0) is 13.8. The summed E-state index contributed by atoms with van der Waals surface area (Å²) in [5.41, 5.74) is 9.03. The number of ether oxygens (including phenoxy) is 2. The van der Waals surface area contributed by atoms with Crippen LogP contribution in [0.2, 0.25) is 0 Å². The molecule has 1 aromatic heterocycles. The topological polar surface area (TPSA) is 49.4 Å². The molecule has 0 spiro atoms. The van der Waals surface area contributed by atoms with Crippen molar-refractivity contribution in [3.05, 3.63) is 36.0 Å². The molecule has 4 heteroatoms. The monoisotopic (exact) mass is 260 g/mol. The van der Waals surface area contributed by atoms with Gasteiger partial charge in [-0.05, 0) is 31.2 Å². The molecule has 1 heterocycles. The second-order valence-electron chi connectivity index (χ2n) is 4.37. The summed E-state index contributed by atoms with van der Waals surface area (Å²) in [7, 11) is 3.32. The third-order valence-corrected chi connectivity index (χ3v) is 3.24. The van der Waals surface area contributed by atoms with Crippen molar-refractivity contribution in [1.29, 1.82) is 0 Å². The molecule has 0 aliphatic carbocycles. The molecule has 0 saturated carbocycles. The summed E-state index contributed by atoms with van der Waals surface area (Å²) in [4.78, 5) is 0. The van der Waals surface area contributed by atoms with Gasteiger partial charge in [0.2, 0.25) is 0 Å². The SMILES string of the molecule is COc1ccc(-c2ccc(C)n2CCN)c(OC)c1. The largest absolute Gasteiger partial charge is 0.497 e. The number of aryl methyl sites for hydroxylation is 1. The highest BCUT2D eigenvalue weighted by molar-refractivity contribution is 5.69. The molecule has 0 aliphatic rings. The standard InChI is InChI=1S/C15H20N2O2/c1-11-4-7-14(17(11)9-8-16)13-6-5-12(18-2)10-15(13)19-3/h4-7,10H,8-9,16H2,1-3H3. The van der Waals surface area contributed by atoms with Crippen molar-refractivity contribution in [2.75, 3.05) is 20.8 Å². The van der Waals surface area contributed by atoms with Crippen LogP contribution in [0.15, 0.2) is 30.3 Å². The van der Waals surface area contributed by atoms with Gasteiger partial charge in [0.1, 0.15) is 11.5 Å². The Morgan fingerprint density at radius 3 is 2.53 bits per heavy atom. The quantitative estimate of drug-likeness (QED) is 0.898. The molecule has 1 aromatic carbocycles. The Morgan fingerprint density at radius 2 is 1.89 bits per heavy atom. The van der Waals surface area contributed by atoms with Gasteiger partial charge >= 0.3 is 0 Å². The van der Waals surface area contributed by atoms with Crippen molar-refractivity contribution in [3.63, 3.8) is 0 Å². The summed E-state index contributed by atoms with van der Waals surface area (Å²) >= 11 is 0. The molecule has 19 heavy (non-hydrogen) atoms. The van der Waals surface area contributed by atoms with Crippen molar-refractivity contribution in [2.45, 2.75) is 13.5 Å². The summed E-state index contributed by atoms with van der Waals surface area (Å²) in [6, 6.07) is 10.0. The number of hydrogen-bond acceptors (Lipinski definition) is 3. The van der Waals surface area contributed by atoms with Crippen molar-refractivity contribution in [1.82, 2.24) is 4.57 Å². The van der Waals surface area contributed by atoms with Crippen molar-refractivity contribution in [3.8, 4) is 22.8 Å². The van der Waals surface area contributed by atoms with Crippen LogP contribution < -0.4 is 15.2 Å². The van der Waals surface area contributed by atoms with Crippen molar-refractivity contribution >= 4 is 0 Å². The van der Waals surface area contributed by atoms with Crippen LogP contribution in [0, 0.1) is 6.92 Å². The van der Waals surface area contributed by atoms with E-state index in [1.54, 1.807) is 14.2 Å². The predicted molar refractivity (Wildman–Crippen MR) is 76.8 cm³/mol. The number of nitrogens with two attached hydrogens (primary N) is 1. The predicted octanol–water partition coefficient (Wildman–Crippen LogP) is 2.44. The average molecular weight is 260 g/mol. The fourth-order valence-electron chi connectivity index (χ4n) is 2.24. The maximum absolute atomic E-state index is 5.68. The van der Waals surface area contributed by atoms with E-state index in [1.807, 2.05) is 18.2 Å². The van der Waals surface area contributed by atoms with Gasteiger partial charge in [0.15, 0.2) is 0 Å². The third-order valence-electron chi connectivity index (χ3n) is 3.24. The van der Waals surface area contributed by atoms with Crippen LogP contribution in [0.3, 0.4) is 0 Å². The van der Waals surface area contributed by atoms with Gasteiger partial charge in [-0.3, -0.25) is 0 Å². The minimum Gasteiger partial charge on any atom is -0.497 e. The summed E-state index contributed by atoms with van der Waals surface area (Å²) < 4.78 is 12.9. The molecule has 0 fully saturated rings. The summed E-state index contributed by atoms with van der Waals surface area (Å²) in [5.74, 6) is 1.59. The first kappa shape index (κ1) is 13.5. The molecule has 0 radical (unpaired) electrons. The highest BCUT2D eigenvalue weighted by Gasteiger charge is 2.12. The number of nitrogens with zero attached hydrogens (tertiary/aromatic N) is 1. The normalized spacial score (nSPS) is 10.5. The van der Waals surface area contributed by atoms with Gasteiger partial charge < -0.3 is 19.8 Å². The van der Waals surface area contributed by atoms with Crippen LogP contribution in [0.25, 0.3) is 11.3 Å². The van der Waals surface area contributed by atoms with Gasteiger partial charge in [0, 0.05) is 30.4 Å². The Morgan fingerprint density at radius 1 is 1.11 bits per heavy atom. The molecular formula is C15H20N2O2. The summed E-state index contributed by atoms with van der Waals surface area (Å²) in [6.07, 6.45) is 0. The van der Waals surface area contributed by atoms with E-state index < -0.39 is 0 Å². The summed E-state index contributed by atoms with van der Waals surface area (Å²) in [5, 5.41) is 0. The highest BCUT2D eigenvalue weighted by atomic mass is 16.5. The second kappa shape index (κ2) is 5.80. The number of methoxy groups -OCH3 is 2. The van der Waals surface area contributed by atoms with Crippen molar-refractivity contribution in [2.24, 2.45) is 5.73 Å². The van der Waals surface area contributed by atoms with Gasteiger partial charge in [0.05, 0.1) is 19.9 Å². The van der Waals surface area contributed by atoms with Crippen LogP contribution in [-0.2, 0) is 6.54 Å². The van der Waals surface area contributed by atoms with Crippen molar-refractivity contribution < 1.29 is 9.47 Å². The van der Waals surface area contributed by atoms with Gasteiger partial charge in [-0.2, -0.15) is 0 Å². The maximum Gasteiger partial charge on any atom is 0.131 e. The first-order chi connectivity index (χ1) is 9.21. The Hall–Kier alpha value is -1.94. The molecule has 0 aliphatic heterocycles. The van der Waals surface area contributed by atoms with E-state index in [2.05, 4.69) is 23.6 Å². The number of aromatic nitrogens is 1. The number of benzene rings is 1. The van der Waals surface area contributed by atoms with Crippen LogP contribution >= 0.6 is 0 Å². The third kappa shape index (κ3) is 2.58. The lowest BCUT2D eigenvalue weighted by Crippen LogP contribution is -2.12. The van der Waals surface area contributed by atoms with E-state index in [1.165, 1.54) is 5.69 Å². The minimum atomic E-state index is 0.612. The smallest absolute Gasteiger partial charge is 0.131 e. The first-order valence-electron chi connectivity index (χ1n) is 6.30. The van der Waals surface area contributed by atoms with E-state index in [4.69, 9.17) is 15.2 Å². The Balaban J connectivity index is 2.52. The van der Waals surface area contributed by atoms with Crippen LogP contribution in [-0.4, -0.2) is 25.3 Å². The second-order valence-corrected chi connectivity index (χ2v) is 4.37. The molecule has 4 nitrogen and oxygen atoms in total. The molecule has 102 valence electrons. The molecular weight excluding hydrogens is 240 g/mol. The summed E-state index contributed by atoms with van der Waals surface area (Å²) in [6.45, 7) is 3.49. The lowest BCUT2D eigenvalue weighted by atomic mass is 10.1. The molecule has 0 unspecified atom stereocenters. The highest BCUT2D eigenvalue weighted by Crippen LogP contribution is 2.34. The maximum atomic E-state index is 5.68. The Bertz CT molecular complexity index is 561. The molecule has 0 atom stereocenters.